The van der Waals surface area contributed by atoms with E-state index in [9.17, 15) is 0 Å². The Morgan fingerprint density at radius 2 is 1.95 bits per heavy atom. The Labute approximate surface area is 135 Å². The summed E-state index contributed by atoms with van der Waals surface area (Å²) in [5.74, 6) is 0.916. The summed E-state index contributed by atoms with van der Waals surface area (Å²) >= 11 is 15.5. The number of halogens is 3. The zero-order valence-electron chi connectivity index (χ0n) is 10.7. The van der Waals surface area contributed by atoms with Gasteiger partial charge in [-0.25, -0.2) is 4.98 Å². The van der Waals surface area contributed by atoms with Gasteiger partial charge in [-0.3, -0.25) is 0 Å². The first kappa shape index (κ1) is 13.9. The number of benzene rings is 2. The van der Waals surface area contributed by atoms with E-state index < -0.39 is 0 Å². The summed E-state index contributed by atoms with van der Waals surface area (Å²) in [7, 11) is 0. The van der Waals surface area contributed by atoms with Crippen LogP contribution in [-0.2, 0) is 6.42 Å². The van der Waals surface area contributed by atoms with Crippen LogP contribution in [0.1, 0.15) is 17.0 Å². The normalized spacial score (nSPS) is 11.2. The summed E-state index contributed by atoms with van der Waals surface area (Å²) in [6, 6.07) is 9.74. The molecule has 0 aliphatic heterocycles. The molecule has 102 valence electrons. The van der Waals surface area contributed by atoms with Gasteiger partial charge in [0.1, 0.15) is 5.82 Å². The maximum atomic E-state index is 6.04. The van der Waals surface area contributed by atoms with E-state index in [1.807, 2.05) is 24.3 Å². The molecule has 1 N–H and O–H groups in total. The summed E-state index contributed by atoms with van der Waals surface area (Å²) in [6.07, 6.45) is 0.697. The Balaban J connectivity index is 1.98. The number of aromatic nitrogens is 2. The van der Waals surface area contributed by atoms with Crippen molar-refractivity contribution >= 4 is 50.2 Å². The molecule has 0 amide bonds. The molecular formula is C15H11BrCl2N2. The van der Waals surface area contributed by atoms with Crippen LogP contribution in [0.2, 0.25) is 10.0 Å². The molecule has 0 aliphatic carbocycles. The first-order chi connectivity index (χ1) is 9.52. The van der Waals surface area contributed by atoms with Crippen molar-refractivity contribution in [3.8, 4) is 0 Å². The average molecular weight is 370 g/mol. The molecule has 0 saturated carbocycles. The van der Waals surface area contributed by atoms with Crippen LogP contribution >= 0.6 is 39.1 Å². The number of nitrogens with one attached hydrogen (secondary N) is 1. The lowest BCUT2D eigenvalue weighted by atomic mass is 10.1. The van der Waals surface area contributed by atoms with E-state index in [1.54, 1.807) is 0 Å². The van der Waals surface area contributed by atoms with Gasteiger partial charge in [-0.2, -0.15) is 0 Å². The molecule has 2 nitrogen and oxygen atoms in total. The molecule has 0 radical (unpaired) electrons. The molecule has 20 heavy (non-hydrogen) atoms. The standard InChI is InChI=1S/C15H11BrCl2N2/c1-8-4-10(16)7-13-15(8)20-14(19-13)6-9-2-3-11(17)12(18)5-9/h2-5,7H,6H2,1H3,(H,19,20). The summed E-state index contributed by atoms with van der Waals surface area (Å²) in [5, 5.41) is 1.14. The predicted molar refractivity (Wildman–Crippen MR) is 87.8 cm³/mol. The second kappa shape index (κ2) is 5.40. The van der Waals surface area contributed by atoms with E-state index in [2.05, 4.69) is 38.9 Å². The molecule has 0 aliphatic rings. The number of H-pyrrole nitrogens is 1. The average Bonchev–Trinajstić information content (AvgIpc) is 2.76. The number of rotatable bonds is 2. The monoisotopic (exact) mass is 368 g/mol. The first-order valence-electron chi connectivity index (χ1n) is 6.11. The number of hydrogen-bond donors (Lipinski definition) is 1. The fourth-order valence-corrected chi connectivity index (χ4v) is 3.12. The molecule has 2 aromatic carbocycles. The minimum Gasteiger partial charge on any atom is -0.342 e. The van der Waals surface area contributed by atoms with Crippen molar-refractivity contribution in [1.82, 2.24) is 9.97 Å². The SMILES string of the molecule is Cc1cc(Br)cc2[nH]c(Cc3ccc(Cl)c(Cl)c3)nc12. The lowest BCUT2D eigenvalue weighted by Crippen LogP contribution is -1.90. The fourth-order valence-electron chi connectivity index (χ4n) is 2.22. The number of fused-ring (bicyclic) bond motifs is 1. The zero-order valence-corrected chi connectivity index (χ0v) is 13.8. The first-order valence-corrected chi connectivity index (χ1v) is 7.66. The molecule has 0 bridgehead atoms. The zero-order chi connectivity index (χ0) is 14.3. The molecule has 5 heteroatoms. The Morgan fingerprint density at radius 1 is 1.15 bits per heavy atom. The van der Waals surface area contributed by atoms with Gasteiger partial charge in [-0.15, -0.1) is 0 Å². The van der Waals surface area contributed by atoms with Crippen LogP contribution in [0.5, 0.6) is 0 Å². The third-order valence-corrected chi connectivity index (χ3v) is 4.34. The topological polar surface area (TPSA) is 28.7 Å². The van der Waals surface area contributed by atoms with E-state index in [-0.39, 0.29) is 0 Å². The number of imidazole rings is 1. The lowest BCUT2D eigenvalue weighted by molar-refractivity contribution is 1.04. The predicted octanol–water partition coefficient (Wildman–Crippen LogP) is 5.53. The van der Waals surface area contributed by atoms with E-state index in [1.165, 1.54) is 0 Å². The van der Waals surface area contributed by atoms with Crippen LogP contribution in [0, 0.1) is 6.92 Å². The highest BCUT2D eigenvalue weighted by atomic mass is 79.9. The maximum Gasteiger partial charge on any atom is 0.111 e. The van der Waals surface area contributed by atoms with Crippen LogP contribution in [0.25, 0.3) is 11.0 Å². The highest BCUT2D eigenvalue weighted by molar-refractivity contribution is 9.10. The van der Waals surface area contributed by atoms with Gasteiger partial charge in [-0.05, 0) is 42.3 Å². The number of hydrogen-bond acceptors (Lipinski definition) is 1. The molecule has 0 saturated heterocycles. The van der Waals surface area contributed by atoms with Crippen molar-refractivity contribution in [3.63, 3.8) is 0 Å². The van der Waals surface area contributed by atoms with Gasteiger partial charge in [-0.1, -0.05) is 45.2 Å². The van der Waals surface area contributed by atoms with Gasteiger partial charge in [0.15, 0.2) is 0 Å². The molecule has 3 rings (SSSR count). The second-order valence-electron chi connectivity index (χ2n) is 4.73. The van der Waals surface area contributed by atoms with Crippen molar-refractivity contribution in [2.45, 2.75) is 13.3 Å². The summed E-state index contributed by atoms with van der Waals surface area (Å²) in [5.41, 5.74) is 4.26. The second-order valence-corrected chi connectivity index (χ2v) is 6.46. The van der Waals surface area contributed by atoms with Crippen molar-refractivity contribution in [2.24, 2.45) is 0 Å². The molecule has 1 heterocycles. The van der Waals surface area contributed by atoms with Gasteiger partial charge in [0.25, 0.3) is 0 Å². The number of nitrogens with zero attached hydrogens (tertiary/aromatic N) is 1. The smallest absolute Gasteiger partial charge is 0.111 e. The van der Waals surface area contributed by atoms with Crippen molar-refractivity contribution in [2.75, 3.05) is 0 Å². The Kier molecular flexibility index (Phi) is 3.76. The van der Waals surface area contributed by atoms with Crippen molar-refractivity contribution in [3.05, 3.63) is 61.8 Å². The van der Waals surface area contributed by atoms with Crippen LogP contribution in [0.4, 0.5) is 0 Å². The highest BCUT2D eigenvalue weighted by Crippen LogP contribution is 2.25. The van der Waals surface area contributed by atoms with Gasteiger partial charge in [0, 0.05) is 10.9 Å². The molecule has 0 atom stereocenters. The third-order valence-electron chi connectivity index (χ3n) is 3.15. The molecule has 0 fully saturated rings. The Morgan fingerprint density at radius 3 is 2.70 bits per heavy atom. The van der Waals surface area contributed by atoms with Crippen LogP contribution in [0.15, 0.2) is 34.8 Å². The molecular weight excluding hydrogens is 359 g/mol. The van der Waals surface area contributed by atoms with Crippen LogP contribution in [0.3, 0.4) is 0 Å². The van der Waals surface area contributed by atoms with E-state index in [0.717, 1.165) is 32.5 Å². The van der Waals surface area contributed by atoms with Gasteiger partial charge >= 0.3 is 0 Å². The Bertz CT molecular complexity index is 796. The number of aromatic amines is 1. The minimum atomic E-state index is 0.569. The van der Waals surface area contributed by atoms with Gasteiger partial charge in [0.2, 0.25) is 0 Å². The van der Waals surface area contributed by atoms with Gasteiger partial charge < -0.3 is 4.98 Å². The van der Waals surface area contributed by atoms with Crippen LogP contribution in [-0.4, -0.2) is 9.97 Å². The highest BCUT2D eigenvalue weighted by Gasteiger charge is 2.08. The quantitative estimate of drug-likeness (QED) is 0.631. The van der Waals surface area contributed by atoms with Crippen molar-refractivity contribution in [1.29, 1.82) is 0 Å². The summed E-state index contributed by atoms with van der Waals surface area (Å²) in [6.45, 7) is 2.05. The van der Waals surface area contributed by atoms with E-state index in [0.29, 0.717) is 16.5 Å². The molecule has 0 spiro atoms. The molecule has 1 aromatic heterocycles. The largest absolute Gasteiger partial charge is 0.342 e. The van der Waals surface area contributed by atoms with Crippen molar-refractivity contribution < 1.29 is 0 Å². The minimum absolute atomic E-state index is 0.569. The van der Waals surface area contributed by atoms with E-state index in [4.69, 9.17) is 23.2 Å². The Hall–Kier alpha value is -1.03. The van der Waals surface area contributed by atoms with Gasteiger partial charge in [0.05, 0.1) is 21.1 Å². The number of aryl methyl sites for hydroxylation is 1. The van der Waals surface area contributed by atoms with Crippen LogP contribution < -0.4 is 0 Å². The molecule has 3 aromatic rings. The summed E-state index contributed by atoms with van der Waals surface area (Å²) < 4.78 is 1.05. The summed E-state index contributed by atoms with van der Waals surface area (Å²) in [4.78, 5) is 7.99. The fraction of sp³-hybridized carbons (Fsp3) is 0.133. The maximum absolute atomic E-state index is 6.04. The lowest BCUT2D eigenvalue weighted by Gasteiger charge is -2.00. The third kappa shape index (κ3) is 2.71. The molecule has 0 unspecified atom stereocenters. The van der Waals surface area contributed by atoms with E-state index >= 15 is 0 Å².